The Labute approximate surface area is 200 Å². The van der Waals surface area contributed by atoms with Crippen molar-refractivity contribution >= 4 is 40.7 Å². The number of likely N-dealkylation sites (tertiary alicyclic amines) is 1. The van der Waals surface area contributed by atoms with Gasteiger partial charge in [-0.15, -0.1) is 24.0 Å². The monoisotopic (exact) mass is 540 g/mol. The lowest BCUT2D eigenvalue weighted by Gasteiger charge is -2.34. The van der Waals surface area contributed by atoms with Crippen LogP contribution in [-0.4, -0.2) is 53.0 Å². The van der Waals surface area contributed by atoms with E-state index >= 15 is 0 Å². The van der Waals surface area contributed by atoms with E-state index in [1.54, 1.807) is 0 Å². The predicted octanol–water partition coefficient (Wildman–Crippen LogP) is 3.63. The Bertz CT molecular complexity index is 788. The predicted molar refractivity (Wildman–Crippen MR) is 137 cm³/mol. The standard InChI is InChI=1S/C23H32N4OS.HI/c1-2-24-23(25-15-17-29(28)22-13-7-4-8-14-22)26-21-12-9-16-27(19-21)18-20-10-5-3-6-11-20;/h3-8,10-11,13-14,21H,2,9,12,15-19H2,1H3,(H2,24,25,26);1H. The molecule has 2 aromatic rings. The second kappa shape index (κ2) is 13.8. The Morgan fingerprint density at radius 1 is 1.13 bits per heavy atom. The molecule has 0 aromatic heterocycles. The van der Waals surface area contributed by atoms with Crippen LogP contribution in [0.1, 0.15) is 25.3 Å². The Morgan fingerprint density at radius 2 is 1.83 bits per heavy atom. The van der Waals surface area contributed by atoms with Crippen LogP contribution in [0.5, 0.6) is 0 Å². The molecule has 2 aromatic carbocycles. The number of hydrogen-bond donors (Lipinski definition) is 2. The van der Waals surface area contributed by atoms with Gasteiger partial charge in [0.15, 0.2) is 5.96 Å². The largest absolute Gasteiger partial charge is 0.357 e. The highest BCUT2D eigenvalue weighted by Gasteiger charge is 2.20. The molecule has 3 rings (SSSR count). The molecule has 1 saturated heterocycles. The molecule has 0 radical (unpaired) electrons. The van der Waals surface area contributed by atoms with Crippen LogP contribution >= 0.6 is 24.0 Å². The van der Waals surface area contributed by atoms with Gasteiger partial charge in [-0.2, -0.15) is 0 Å². The molecule has 1 heterocycles. The van der Waals surface area contributed by atoms with E-state index in [2.05, 4.69) is 57.8 Å². The second-order valence-corrected chi connectivity index (χ2v) is 8.90. The first-order chi connectivity index (χ1) is 14.2. The first-order valence-electron chi connectivity index (χ1n) is 10.5. The number of aliphatic imine (C=N–C) groups is 1. The van der Waals surface area contributed by atoms with Crippen molar-refractivity contribution in [2.75, 3.05) is 31.9 Å². The van der Waals surface area contributed by atoms with Crippen molar-refractivity contribution in [2.45, 2.75) is 37.2 Å². The molecule has 1 aliphatic rings. The van der Waals surface area contributed by atoms with Gasteiger partial charge in [-0.1, -0.05) is 48.5 Å². The lowest BCUT2D eigenvalue weighted by Crippen LogP contribution is -2.51. The Kier molecular flexibility index (Phi) is 11.4. The van der Waals surface area contributed by atoms with Gasteiger partial charge in [0.25, 0.3) is 0 Å². The molecule has 7 heteroatoms. The summed E-state index contributed by atoms with van der Waals surface area (Å²) < 4.78 is 12.4. The van der Waals surface area contributed by atoms with Crippen molar-refractivity contribution in [2.24, 2.45) is 4.99 Å². The summed E-state index contributed by atoms with van der Waals surface area (Å²) in [7, 11) is -1.01. The van der Waals surface area contributed by atoms with Gasteiger partial charge < -0.3 is 10.6 Å². The Hall–Kier alpha value is -1.45. The van der Waals surface area contributed by atoms with E-state index in [0.717, 1.165) is 43.5 Å². The van der Waals surface area contributed by atoms with E-state index < -0.39 is 10.8 Å². The van der Waals surface area contributed by atoms with Gasteiger partial charge >= 0.3 is 0 Å². The lowest BCUT2D eigenvalue weighted by molar-refractivity contribution is 0.192. The van der Waals surface area contributed by atoms with Crippen LogP contribution in [0.15, 0.2) is 70.6 Å². The van der Waals surface area contributed by atoms with Crippen molar-refractivity contribution < 1.29 is 4.21 Å². The molecule has 2 N–H and O–H groups in total. The minimum absolute atomic E-state index is 0. The molecular formula is C23H33IN4OS. The molecule has 0 saturated carbocycles. The highest BCUT2D eigenvalue weighted by molar-refractivity contribution is 14.0. The van der Waals surface area contributed by atoms with Gasteiger partial charge in [-0.25, -0.2) is 0 Å². The summed E-state index contributed by atoms with van der Waals surface area (Å²) in [6.45, 7) is 6.56. The van der Waals surface area contributed by atoms with E-state index in [0.29, 0.717) is 18.3 Å². The molecule has 164 valence electrons. The maximum Gasteiger partial charge on any atom is 0.191 e. The van der Waals surface area contributed by atoms with Crippen LogP contribution in [0.3, 0.4) is 0 Å². The molecule has 5 nitrogen and oxygen atoms in total. The molecule has 1 aliphatic heterocycles. The van der Waals surface area contributed by atoms with E-state index in [-0.39, 0.29) is 24.0 Å². The molecule has 2 atom stereocenters. The normalized spacial score (nSPS) is 18.3. The topological polar surface area (TPSA) is 56.7 Å². The quantitative estimate of drug-likeness (QED) is 0.305. The SMILES string of the molecule is CCNC(=NCCS(=O)c1ccccc1)NC1CCCN(Cc2ccccc2)C1.I. The van der Waals surface area contributed by atoms with Crippen LogP contribution in [-0.2, 0) is 17.3 Å². The van der Waals surface area contributed by atoms with Crippen LogP contribution in [0.25, 0.3) is 0 Å². The van der Waals surface area contributed by atoms with Gasteiger partial charge in [0.2, 0.25) is 0 Å². The summed E-state index contributed by atoms with van der Waals surface area (Å²) >= 11 is 0. The maximum absolute atomic E-state index is 12.4. The summed E-state index contributed by atoms with van der Waals surface area (Å²) in [5, 5.41) is 6.91. The molecule has 0 aliphatic carbocycles. The van der Waals surface area contributed by atoms with E-state index in [9.17, 15) is 4.21 Å². The van der Waals surface area contributed by atoms with Crippen molar-refractivity contribution in [3.63, 3.8) is 0 Å². The van der Waals surface area contributed by atoms with Gasteiger partial charge in [0.05, 0.1) is 17.3 Å². The molecule has 0 bridgehead atoms. The molecule has 30 heavy (non-hydrogen) atoms. The zero-order chi connectivity index (χ0) is 20.3. The number of nitrogens with one attached hydrogen (secondary N) is 2. The number of guanidine groups is 1. The first kappa shape index (κ1) is 24.8. The number of halogens is 1. The van der Waals surface area contributed by atoms with E-state index in [1.807, 2.05) is 30.3 Å². The average Bonchev–Trinajstić information content (AvgIpc) is 2.75. The molecule has 0 spiro atoms. The van der Waals surface area contributed by atoms with Gasteiger partial charge in [0, 0.05) is 36.3 Å². The smallest absolute Gasteiger partial charge is 0.191 e. The number of piperidine rings is 1. The zero-order valence-corrected chi connectivity index (χ0v) is 20.8. The molecule has 0 amide bonds. The first-order valence-corrected chi connectivity index (χ1v) is 11.8. The fourth-order valence-electron chi connectivity index (χ4n) is 3.60. The third kappa shape index (κ3) is 8.35. The van der Waals surface area contributed by atoms with Crippen LogP contribution in [0.2, 0.25) is 0 Å². The van der Waals surface area contributed by atoms with Crippen molar-refractivity contribution in [1.29, 1.82) is 0 Å². The number of rotatable bonds is 8. The third-order valence-electron chi connectivity index (χ3n) is 4.99. The summed E-state index contributed by atoms with van der Waals surface area (Å²) in [5.74, 6) is 1.36. The van der Waals surface area contributed by atoms with Crippen LogP contribution in [0, 0.1) is 0 Å². The summed E-state index contributed by atoms with van der Waals surface area (Å²) in [6.07, 6.45) is 2.33. The van der Waals surface area contributed by atoms with Crippen LogP contribution in [0.4, 0.5) is 0 Å². The van der Waals surface area contributed by atoms with Crippen LogP contribution < -0.4 is 10.6 Å². The van der Waals surface area contributed by atoms with Gasteiger partial charge in [0.1, 0.15) is 0 Å². The fraction of sp³-hybridized carbons (Fsp3) is 0.435. The van der Waals surface area contributed by atoms with Crippen molar-refractivity contribution in [3.05, 3.63) is 66.2 Å². The highest BCUT2D eigenvalue weighted by Crippen LogP contribution is 2.13. The Morgan fingerprint density at radius 3 is 2.53 bits per heavy atom. The summed E-state index contributed by atoms with van der Waals surface area (Å²) in [5.41, 5.74) is 1.36. The molecule has 1 fully saturated rings. The minimum atomic E-state index is -1.01. The maximum atomic E-state index is 12.4. The Balaban J connectivity index is 0.00000320. The van der Waals surface area contributed by atoms with Crippen molar-refractivity contribution in [1.82, 2.24) is 15.5 Å². The number of benzene rings is 2. The summed E-state index contributed by atoms with van der Waals surface area (Å²) in [6, 6.07) is 20.6. The lowest BCUT2D eigenvalue weighted by atomic mass is 10.0. The molecular weight excluding hydrogens is 507 g/mol. The second-order valence-electron chi connectivity index (χ2n) is 7.33. The third-order valence-corrected chi connectivity index (χ3v) is 6.34. The number of nitrogens with zero attached hydrogens (tertiary/aromatic N) is 2. The average molecular weight is 541 g/mol. The number of hydrogen-bond acceptors (Lipinski definition) is 3. The minimum Gasteiger partial charge on any atom is -0.357 e. The summed E-state index contributed by atoms with van der Waals surface area (Å²) in [4.78, 5) is 8.03. The van der Waals surface area contributed by atoms with E-state index in [4.69, 9.17) is 0 Å². The van der Waals surface area contributed by atoms with Gasteiger partial charge in [-0.3, -0.25) is 14.1 Å². The highest BCUT2D eigenvalue weighted by atomic mass is 127. The molecule has 2 unspecified atom stereocenters. The van der Waals surface area contributed by atoms with Crippen molar-refractivity contribution in [3.8, 4) is 0 Å². The van der Waals surface area contributed by atoms with Gasteiger partial charge in [-0.05, 0) is 44.0 Å². The van der Waals surface area contributed by atoms with E-state index in [1.165, 1.54) is 12.0 Å². The fourth-order valence-corrected chi connectivity index (χ4v) is 4.56. The zero-order valence-electron chi connectivity index (χ0n) is 17.6.